The van der Waals surface area contributed by atoms with Crippen LogP contribution in [0.4, 0.5) is 10.1 Å². The molecule has 6 nitrogen and oxygen atoms in total. The SMILES string of the molecule is CCOC(=O)C(F)Oc1ccc([N+](=O)[O-])c(Cl)c1. The van der Waals surface area contributed by atoms with E-state index >= 15 is 0 Å². The largest absolute Gasteiger partial charge is 0.461 e. The van der Waals surface area contributed by atoms with Gasteiger partial charge in [-0.3, -0.25) is 10.1 Å². The summed E-state index contributed by atoms with van der Waals surface area (Å²) in [5.74, 6) is -1.28. The third-order valence-electron chi connectivity index (χ3n) is 1.83. The van der Waals surface area contributed by atoms with E-state index in [4.69, 9.17) is 11.6 Å². The Balaban J connectivity index is 2.77. The monoisotopic (exact) mass is 277 g/mol. The zero-order valence-corrected chi connectivity index (χ0v) is 10.0. The van der Waals surface area contributed by atoms with Gasteiger partial charge in [-0.25, -0.2) is 4.79 Å². The van der Waals surface area contributed by atoms with E-state index in [2.05, 4.69) is 9.47 Å². The summed E-state index contributed by atoms with van der Waals surface area (Å²) in [6.07, 6.45) is -2.30. The first-order chi connectivity index (χ1) is 8.45. The van der Waals surface area contributed by atoms with E-state index in [9.17, 15) is 19.3 Å². The van der Waals surface area contributed by atoms with E-state index in [0.717, 1.165) is 18.2 Å². The fourth-order valence-electron chi connectivity index (χ4n) is 1.08. The number of esters is 1. The van der Waals surface area contributed by atoms with Crippen molar-refractivity contribution >= 4 is 23.3 Å². The van der Waals surface area contributed by atoms with Crippen LogP contribution in [0.3, 0.4) is 0 Å². The molecular formula is C10H9ClFNO5. The Morgan fingerprint density at radius 2 is 2.28 bits per heavy atom. The second-order valence-electron chi connectivity index (χ2n) is 3.06. The van der Waals surface area contributed by atoms with E-state index in [1.807, 2.05) is 0 Å². The van der Waals surface area contributed by atoms with Crippen LogP contribution in [0.25, 0.3) is 0 Å². The molecule has 0 aromatic heterocycles. The topological polar surface area (TPSA) is 78.7 Å². The van der Waals surface area contributed by atoms with Crippen molar-refractivity contribution in [1.29, 1.82) is 0 Å². The molecule has 0 saturated heterocycles. The first kappa shape index (κ1) is 14.2. The fourth-order valence-corrected chi connectivity index (χ4v) is 1.32. The van der Waals surface area contributed by atoms with Crippen LogP contribution in [0.1, 0.15) is 6.92 Å². The third kappa shape index (κ3) is 3.56. The van der Waals surface area contributed by atoms with Gasteiger partial charge in [-0.1, -0.05) is 11.6 Å². The van der Waals surface area contributed by atoms with Crippen LogP contribution < -0.4 is 4.74 Å². The van der Waals surface area contributed by atoms with Crippen LogP contribution in [0, 0.1) is 10.1 Å². The number of alkyl halides is 1. The average molecular weight is 278 g/mol. The van der Waals surface area contributed by atoms with Gasteiger partial charge in [0.05, 0.1) is 11.5 Å². The summed E-state index contributed by atoms with van der Waals surface area (Å²) in [4.78, 5) is 20.7. The molecule has 1 unspecified atom stereocenters. The molecule has 0 amide bonds. The zero-order chi connectivity index (χ0) is 13.7. The highest BCUT2D eigenvalue weighted by atomic mass is 35.5. The Hall–Kier alpha value is -1.89. The molecule has 0 aliphatic rings. The van der Waals surface area contributed by atoms with Crippen molar-refractivity contribution in [2.75, 3.05) is 6.61 Å². The van der Waals surface area contributed by atoms with Crippen molar-refractivity contribution in [2.45, 2.75) is 13.3 Å². The van der Waals surface area contributed by atoms with Gasteiger partial charge in [0.15, 0.2) is 0 Å². The summed E-state index contributed by atoms with van der Waals surface area (Å²) in [6.45, 7) is 1.54. The van der Waals surface area contributed by atoms with E-state index in [-0.39, 0.29) is 23.1 Å². The number of rotatable bonds is 5. The molecule has 0 saturated carbocycles. The van der Waals surface area contributed by atoms with Gasteiger partial charge in [0.2, 0.25) is 0 Å². The summed E-state index contributed by atoms with van der Waals surface area (Å²) in [5, 5.41) is 10.3. The van der Waals surface area contributed by atoms with Crippen LogP contribution >= 0.6 is 11.6 Å². The highest BCUT2D eigenvalue weighted by Gasteiger charge is 2.21. The smallest absolute Gasteiger partial charge is 0.381 e. The number of halogens is 2. The van der Waals surface area contributed by atoms with Gasteiger partial charge in [-0.2, -0.15) is 4.39 Å². The van der Waals surface area contributed by atoms with Crippen molar-refractivity contribution in [1.82, 2.24) is 0 Å². The molecule has 98 valence electrons. The van der Waals surface area contributed by atoms with Crippen molar-refractivity contribution in [3.8, 4) is 5.75 Å². The van der Waals surface area contributed by atoms with Gasteiger partial charge in [-0.15, -0.1) is 0 Å². The second-order valence-corrected chi connectivity index (χ2v) is 3.46. The molecule has 0 spiro atoms. The molecule has 0 aliphatic carbocycles. The highest BCUT2D eigenvalue weighted by molar-refractivity contribution is 6.32. The summed E-state index contributed by atoms with van der Waals surface area (Å²) in [7, 11) is 0. The van der Waals surface area contributed by atoms with Crippen LogP contribution in [0.2, 0.25) is 5.02 Å². The molecule has 0 heterocycles. The number of carbonyl (C=O) groups is 1. The lowest BCUT2D eigenvalue weighted by molar-refractivity contribution is -0.384. The molecule has 0 radical (unpaired) electrons. The Bertz CT molecular complexity index is 468. The van der Waals surface area contributed by atoms with Gasteiger partial charge >= 0.3 is 12.3 Å². The maximum atomic E-state index is 13.2. The number of nitro benzene ring substituents is 1. The Labute approximate surface area is 106 Å². The molecule has 18 heavy (non-hydrogen) atoms. The van der Waals surface area contributed by atoms with Crippen LogP contribution in [-0.4, -0.2) is 23.9 Å². The molecule has 1 aromatic rings. The van der Waals surface area contributed by atoms with E-state index in [0.29, 0.717) is 0 Å². The van der Waals surface area contributed by atoms with E-state index in [1.54, 1.807) is 0 Å². The zero-order valence-electron chi connectivity index (χ0n) is 9.26. The van der Waals surface area contributed by atoms with Gasteiger partial charge in [0.25, 0.3) is 5.69 Å². The van der Waals surface area contributed by atoms with Crippen molar-refractivity contribution in [2.24, 2.45) is 0 Å². The number of benzene rings is 1. The molecule has 8 heteroatoms. The minimum atomic E-state index is -2.30. The van der Waals surface area contributed by atoms with Crippen molar-refractivity contribution in [3.63, 3.8) is 0 Å². The molecule has 0 N–H and O–H groups in total. The number of nitro groups is 1. The number of ether oxygens (including phenoxy) is 2. The fraction of sp³-hybridized carbons (Fsp3) is 0.300. The lowest BCUT2D eigenvalue weighted by Gasteiger charge is -2.10. The number of hydrogen-bond acceptors (Lipinski definition) is 5. The lowest BCUT2D eigenvalue weighted by atomic mass is 10.3. The Morgan fingerprint density at radius 3 is 2.78 bits per heavy atom. The molecule has 0 aliphatic heterocycles. The quantitative estimate of drug-likeness (QED) is 0.469. The Kier molecular flexibility index (Phi) is 4.85. The van der Waals surface area contributed by atoms with Gasteiger partial charge in [0, 0.05) is 12.1 Å². The maximum Gasteiger partial charge on any atom is 0.381 e. The first-order valence-electron chi connectivity index (χ1n) is 4.87. The average Bonchev–Trinajstić information content (AvgIpc) is 2.28. The van der Waals surface area contributed by atoms with E-state index in [1.165, 1.54) is 6.92 Å². The summed E-state index contributed by atoms with van der Waals surface area (Å²) in [5.41, 5.74) is -0.337. The maximum absolute atomic E-state index is 13.2. The molecule has 1 atom stereocenters. The normalized spacial score (nSPS) is 11.7. The van der Waals surface area contributed by atoms with Crippen molar-refractivity contribution < 1.29 is 23.6 Å². The van der Waals surface area contributed by atoms with Crippen LogP contribution in [-0.2, 0) is 9.53 Å². The predicted molar refractivity (Wildman–Crippen MR) is 60.3 cm³/mol. The van der Waals surface area contributed by atoms with Gasteiger partial charge < -0.3 is 9.47 Å². The number of hydrogen-bond donors (Lipinski definition) is 0. The second kappa shape index (κ2) is 6.15. The first-order valence-corrected chi connectivity index (χ1v) is 5.24. The standard InChI is InChI=1S/C10H9ClFNO5/c1-2-17-10(14)9(12)18-6-3-4-8(13(15)16)7(11)5-6/h3-5,9H,2H2,1H3. The minimum Gasteiger partial charge on any atom is -0.461 e. The molecule has 1 rings (SSSR count). The lowest BCUT2D eigenvalue weighted by Crippen LogP contribution is -2.24. The molecule has 0 fully saturated rings. The van der Waals surface area contributed by atoms with Crippen LogP contribution in [0.5, 0.6) is 5.75 Å². The number of carbonyl (C=O) groups excluding carboxylic acids is 1. The summed E-state index contributed by atoms with van der Waals surface area (Å²) in [6, 6.07) is 3.23. The summed E-state index contributed by atoms with van der Waals surface area (Å²) >= 11 is 5.59. The van der Waals surface area contributed by atoms with Crippen LogP contribution in [0.15, 0.2) is 18.2 Å². The highest BCUT2D eigenvalue weighted by Crippen LogP contribution is 2.28. The molecular weight excluding hydrogens is 269 g/mol. The predicted octanol–water partition coefficient (Wildman–Crippen LogP) is 2.49. The van der Waals surface area contributed by atoms with Gasteiger partial charge in [-0.05, 0) is 13.0 Å². The van der Waals surface area contributed by atoms with Crippen molar-refractivity contribution in [3.05, 3.63) is 33.3 Å². The minimum absolute atomic E-state index is 0.0175. The summed E-state index contributed by atoms with van der Waals surface area (Å²) < 4.78 is 22.2. The van der Waals surface area contributed by atoms with E-state index < -0.39 is 17.3 Å². The molecule has 1 aromatic carbocycles. The molecule has 0 bridgehead atoms. The third-order valence-corrected chi connectivity index (χ3v) is 2.13. The number of nitrogens with zero attached hydrogens (tertiary/aromatic N) is 1. The van der Waals surface area contributed by atoms with Gasteiger partial charge in [0.1, 0.15) is 10.8 Å². The Morgan fingerprint density at radius 1 is 1.61 bits per heavy atom.